The predicted octanol–water partition coefficient (Wildman–Crippen LogP) is 1.83. The van der Waals surface area contributed by atoms with E-state index < -0.39 is 10.0 Å². The van der Waals surface area contributed by atoms with E-state index in [0.717, 1.165) is 6.42 Å². The van der Waals surface area contributed by atoms with Crippen LogP contribution >= 0.6 is 15.9 Å². The second-order valence-electron chi connectivity index (χ2n) is 4.14. The fourth-order valence-electron chi connectivity index (χ4n) is 1.24. The van der Waals surface area contributed by atoms with E-state index in [1.165, 1.54) is 6.07 Å². The first kappa shape index (κ1) is 14.7. The highest BCUT2D eigenvalue weighted by atomic mass is 79.9. The Morgan fingerprint density at radius 1 is 1.53 bits per heavy atom. The van der Waals surface area contributed by atoms with Gasteiger partial charge in [-0.25, -0.2) is 13.1 Å². The summed E-state index contributed by atoms with van der Waals surface area (Å²) in [6.07, 6.45) is 0.790. The van der Waals surface area contributed by atoms with Crippen molar-refractivity contribution in [3.8, 4) is 0 Å². The molecule has 5 nitrogen and oxygen atoms in total. The van der Waals surface area contributed by atoms with E-state index in [9.17, 15) is 8.42 Å². The number of nitrogens with one attached hydrogen (secondary N) is 1. The van der Waals surface area contributed by atoms with Gasteiger partial charge in [-0.05, 0) is 28.3 Å². The van der Waals surface area contributed by atoms with Crippen LogP contribution in [0.3, 0.4) is 0 Å². The summed E-state index contributed by atoms with van der Waals surface area (Å²) in [5.41, 5.74) is 5.39. The minimum Gasteiger partial charge on any atom is -0.452 e. The highest BCUT2D eigenvalue weighted by Crippen LogP contribution is 2.25. The Kier molecular flexibility index (Phi) is 5.18. The van der Waals surface area contributed by atoms with Gasteiger partial charge in [0, 0.05) is 12.6 Å². The van der Waals surface area contributed by atoms with Crippen LogP contribution < -0.4 is 10.5 Å². The highest BCUT2D eigenvalue weighted by Gasteiger charge is 2.21. The second-order valence-corrected chi connectivity index (χ2v) is 6.59. The van der Waals surface area contributed by atoms with Crippen molar-refractivity contribution >= 4 is 26.0 Å². The molecule has 0 aliphatic heterocycles. The van der Waals surface area contributed by atoms with Crippen LogP contribution in [0, 0.1) is 5.92 Å². The minimum absolute atomic E-state index is 0.0988. The van der Waals surface area contributed by atoms with Crippen molar-refractivity contribution in [2.24, 2.45) is 11.7 Å². The first-order valence-electron chi connectivity index (χ1n) is 5.34. The molecule has 0 saturated heterocycles. The molecule has 0 atom stereocenters. The Morgan fingerprint density at radius 2 is 2.18 bits per heavy atom. The number of hydrogen-bond acceptors (Lipinski definition) is 4. The lowest BCUT2D eigenvalue weighted by molar-refractivity contribution is 0.483. The molecule has 0 fully saturated rings. The molecular formula is C10H17BrN2O3S. The van der Waals surface area contributed by atoms with Crippen LogP contribution in [-0.2, 0) is 16.6 Å². The zero-order chi connectivity index (χ0) is 13.1. The normalized spacial score (nSPS) is 12.3. The Bertz CT molecular complexity index is 468. The third kappa shape index (κ3) is 4.09. The van der Waals surface area contributed by atoms with Crippen molar-refractivity contribution in [1.29, 1.82) is 0 Å². The minimum atomic E-state index is -3.52. The summed E-state index contributed by atoms with van der Waals surface area (Å²) < 4.78 is 31.7. The van der Waals surface area contributed by atoms with Gasteiger partial charge in [0.2, 0.25) is 10.0 Å². The number of halogens is 1. The lowest BCUT2D eigenvalue weighted by atomic mass is 10.1. The van der Waals surface area contributed by atoms with E-state index in [2.05, 4.69) is 20.7 Å². The lowest BCUT2D eigenvalue weighted by Gasteiger charge is -2.06. The summed E-state index contributed by atoms with van der Waals surface area (Å²) in [5.74, 6) is 0.881. The SMILES string of the molecule is CC(C)CCNS(=O)(=O)c1cc(CN)oc1Br. The molecule has 98 valence electrons. The summed E-state index contributed by atoms with van der Waals surface area (Å²) in [6, 6.07) is 1.43. The fourth-order valence-corrected chi connectivity index (χ4v) is 3.28. The van der Waals surface area contributed by atoms with Gasteiger partial charge in [-0.1, -0.05) is 13.8 Å². The first-order chi connectivity index (χ1) is 7.86. The molecule has 0 spiro atoms. The van der Waals surface area contributed by atoms with Gasteiger partial charge in [-0.2, -0.15) is 0 Å². The first-order valence-corrected chi connectivity index (χ1v) is 7.62. The summed E-state index contributed by atoms with van der Waals surface area (Å²) in [7, 11) is -3.52. The Morgan fingerprint density at radius 3 is 2.65 bits per heavy atom. The molecule has 0 radical (unpaired) electrons. The van der Waals surface area contributed by atoms with Crippen molar-refractivity contribution in [2.45, 2.75) is 31.7 Å². The van der Waals surface area contributed by atoms with Gasteiger partial charge in [0.05, 0.1) is 6.54 Å². The maximum absolute atomic E-state index is 11.9. The molecule has 0 saturated carbocycles. The van der Waals surface area contributed by atoms with Crippen LogP contribution in [0.2, 0.25) is 0 Å². The van der Waals surface area contributed by atoms with Crippen LogP contribution in [0.15, 0.2) is 20.0 Å². The monoisotopic (exact) mass is 324 g/mol. The van der Waals surface area contributed by atoms with Gasteiger partial charge < -0.3 is 10.2 Å². The molecule has 7 heteroatoms. The second kappa shape index (κ2) is 5.99. The van der Waals surface area contributed by atoms with Crippen LogP contribution in [0.5, 0.6) is 0 Å². The topological polar surface area (TPSA) is 85.3 Å². The zero-order valence-electron chi connectivity index (χ0n) is 9.86. The summed E-state index contributed by atoms with van der Waals surface area (Å²) in [4.78, 5) is 0.0988. The number of rotatable bonds is 6. The van der Waals surface area contributed by atoms with E-state index in [4.69, 9.17) is 10.2 Å². The molecule has 0 bridgehead atoms. The highest BCUT2D eigenvalue weighted by molar-refractivity contribution is 9.10. The molecule has 0 aliphatic rings. The maximum Gasteiger partial charge on any atom is 0.244 e. The average molecular weight is 325 g/mol. The summed E-state index contributed by atoms with van der Waals surface area (Å²) in [5, 5.41) is 0. The summed E-state index contributed by atoms with van der Waals surface area (Å²) in [6.45, 7) is 4.65. The molecule has 0 unspecified atom stereocenters. The molecule has 0 amide bonds. The average Bonchev–Trinajstić information content (AvgIpc) is 2.59. The van der Waals surface area contributed by atoms with Crippen LogP contribution in [-0.4, -0.2) is 15.0 Å². The number of hydrogen-bond donors (Lipinski definition) is 2. The van der Waals surface area contributed by atoms with E-state index in [0.29, 0.717) is 18.2 Å². The molecule has 1 aromatic rings. The van der Waals surface area contributed by atoms with E-state index in [1.807, 2.05) is 13.8 Å². The van der Waals surface area contributed by atoms with Crippen molar-refractivity contribution in [2.75, 3.05) is 6.54 Å². The van der Waals surface area contributed by atoms with Gasteiger partial charge in [-0.3, -0.25) is 0 Å². The van der Waals surface area contributed by atoms with Crippen molar-refractivity contribution in [1.82, 2.24) is 4.72 Å². The van der Waals surface area contributed by atoms with Gasteiger partial charge in [0.1, 0.15) is 10.7 Å². The quantitative estimate of drug-likeness (QED) is 0.835. The molecule has 17 heavy (non-hydrogen) atoms. The Hall–Kier alpha value is -0.370. The van der Waals surface area contributed by atoms with Crippen LogP contribution in [0.4, 0.5) is 0 Å². The predicted molar refractivity (Wildman–Crippen MR) is 68.9 cm³/mol. The van der Waals surface area contributed by atoms with E-state index >= 15 is 0 Å². The Labute approximate surface area is 110 Å². The standard InChI is InChI=1S/C10H17BrN2O3S/c1-7(2)3-4-13-17(14,15)9-5-8(6-12)16-10(9)11/h5,7,13H,3-4,6,12H2,1-2H3. The van der Waals surface area contributed by atoms with Gasteiger partial charge in [0.25, 0.3) is 0 Å². The largest absolute Gasteiger partial charge is 0.452 e. The molecule has 1 heterocycles. The van der Waals surface area contributed by atoms with E-state index in [1.54, 1.807) is 0 Å². The third-order valence-electron chi connectivity index (χ3n) is 2.21. The third-order valence-corrected chi connectivity index (χ3v) is 4.53. The van der Waals surface area contributed by atoms with Crippen LogP contribution in [0.25, 0.3) is 0 Å². The van der Waals surface area contributed by atoms with Crippen molar-refractivity contribution < 1.29 is 12.8 Å². The molecule has 1 rings (SSSR count). The van der Waals surface area contributed by atoms with E-state index in [-0.39, 0.29) is 16.1 Å². The van der Waals surface area contributed by atoms with Gasteiger partial charge in [-0.15, -0.1) is 0 Å². The van der Waals surface area contributed by atoms with Gasteiger partial charge in [0.15, 0.2) is 4.67 Å². The van der Waals surface area contributed by atoms with Crippen molar-refractivity contribution in [3.05, 3.63) is 16.5 Å². The Balaban J connectivity index is 2.78. The van der Waals surface area contributed by atoms with Gasteiger partial charge >= 0.3 is 0 Å². The maximum atomic E-state index is 11.9. The number of nitrogens with two attached hydrogens (primary N) is 1. The lowest BCUT2D eigenvalue weighted by Crippen LogP contribution is -2.25. The molecule has 3 N–H and O–H groups in total. The smallest absolute Gasteiger partial charge is 0.244 e. The van der Waals surface area contributed by atoms with Crippen molar-refractivity contribution in [3.63, 3.8) is 0 Å². The number of furan rings is 1. The van der Waals surface area contributed by atoms with Crippen LogP contribution in [0.1, 0.15) is 26.0 Å². The number of sulfonamides is 1. The molecule has 1 aromatic heterocycles. The molecule has 0 aliphatic carbocycles. The zero-order valence-corrected chi connectivity index (χ0v) is 12.3. The fraction of sp³-hybridized carbons (Fsp3) is 0.600. The molecular weight excluding hydrogens is 308 g/mol. The summed E-state index contributed by atoms with van der Waals surface area (Å²) >= 11 is 3.07. The molecule has 0 aromatic carbocycles.